The lowest BCUT2D eigenvalue weighted by molar-refractivity contribution is 0.0697. The van der Waals surface area contributed by atoms with Crippen molar-refractivity contribution >= 4 is 29.0 Å². The molecule has 5 rings (SSSR count). The van der Waals surface area contributed by atoms with Gasteiger partial charge in [-0.15, -0.1) is 0 Å². The molecule has 0 saturated carbocycles. The van der Waals surface area contributed by atoms with Gasteiger partial charge in [0.1, 0.15) is 5.75 Å². The van der Waals surface area contributed by atoms with E-state index in [0.717, 1.165) is 39.6 Å². The molecule has 1 aliphatic heterocycles. The van der Waals surface area contributed by atoms with Crippen LogP contribution in [0.15, 0.2) is 72.9 Å². The number of pyridine rings is 1. The number of carbonyl (C=O) groups is 1. The van der Waals surface area contributed by atoms with Gasteiger partial charge in [-0.1, -0.05) is 12.1 Å². The van der Waals surface area contributed by atoms with Crippen LogP contribution in [0.1, 0.15) is 50.7 Å². The lowest BCUT2D eigenvalue weighted by atomic mass is 9.96. The van der Waals surface area contributed by atoms with E-state index in [-0.39, 0.29) is 23.4 Å². The quantitative estimate of drug-likeness (QED) is 0.318. The van der Waals surface area contributed by atoms with Gasteiger partial charge in [-0.2, -0.15) is 0 Å². The molecule has 8 heteroatoms. The average Bonchev–Trinajstić information content (AvgIpc) is 3.35. The third-order valence-electron chi connectivity index (χ3n) is 6.71. The highest BCUT2D eigenvalue weighted by Gasteiger charge is 2.42. The monoisotopic (exact) mass is 498 g/mol. The van der Waals surface area contributed by atoms with E-state index >= 15 is 0 Å². The predicted molar refractivity (Wildman–Crippen MR) is 143 cm³/mol. The summed E-state index contributed by atoms with van der Waals surface area (Å²) in [6.45, 7) is 6.04. The average molecular weight is 499 g/mol. The molecule has 36 heavy (non-hydrogen) atoms. The standard InChI is InChI=1S/C28H26N4O3S/c1-16-7-8-19(27(34)35)15-24(16)31-17(2)14-22(18(31)3)26-25(23-6-4-5-13-29-23)30-28(36)32(26)20-9-11-21(33)12-10-20/h4-15,25-26,33H,1-3H3,(H,30,36)(H,34,35)/t25-,26-/m1/s1. The lowest BCUT2D eigenvalue weighted by Crippen LogP contribution is -2.29. The largest absolute Gasteiger partial charge is 0.508 e. The van der Waals surface area contributed by atoms with E-state index in [1.807, 2.05) is 57.2 Å². The van der Waals surface area contributed by atoms with Crippen molar-refractivity contribution in [2.45, 2.75) is 32.9 Å². The number of benzene rings is 2. The fourth-order valence-electron chi connectivity index (χ4n) is 5.00. The molecule has 0 bridgehead atoms. The summed E-state index contributed by atoms with van der Waals surface area (Å²) in [5.74, 6) is -0.778. The number of hydrogen-bond donors (Lipinski definition) is 3. The van der Waals surface area contributed by atoms with E-state index in [0.29, 0.717) is 5.11 Å². The SMILES string of the molecule is Cc1ccc(C(=O)O)cc1-n1c(C)cc([C@@H]2[C@@H](c3ccccn3)NC(=S)N2c2ccc(O)cc2)c1C. The van der Waals surface area contributed by atoms with Gasteiger partial charge in [-0.05, 0) is 98.7 Å². The summed E-state index contributed by atoms with van der Waals surface area (Å²) in [6, 6.07) is 19.7. The predicted octanol–water partition coefficient (Wildman–Crippen LogP) is 5.38. The summed E-state index contributed by atoms with van der Waals surface area (Å²) in [6.07, 6.45) is 1.77. The van der Waals surface area contributed by atoms with E-state index in [1.165, 1.54) is 0 Å². The highest BCUT2D eigenvalue weighted by Crippen LogP contribution is 2.44. The Labute approximate surface area is 214 Å². The number of thiocarbonyl (C=S) groups is 1. The van der Waals surface area contributed by atoms with Crippen LogP contribution in [-0.4, -0.2) is 30.8 Å². The van der Waals surface area contributed by atoms with Gasteiger partial charge in [0.25, 0.3) is 0 Å². The first-order valence-electron chi connectivity index (χ1n) is 11.6. The van der Waals surface area contributed by atoms with Crippen molar-refractivity contribution in [3.05, 3.63) is 107 Å². The normalized spacial score (nSPS) is 17.3. The number of nitrogens with zero attached hydrogens (tertiary/aromatic N) is 3. The van der Waals surface area contributed by atoms with Gasteiger partial charge in [-0.25, -0.2) is 4.79 Å². The van der Waals surface area contributed by atoms with Crippen LogP contribution < -0.4 is 10.2 Å². The van der Waals surface area contributed by atoms with E-state index in [1.54, 1.807) is 30.5 Å². The number of aromatic carboxylic acids is 1. The molecule has 0 spiro atoms. The van der Waals surface area contributed by atoms with E-state index in [2.05, 4.69) is 25.8 Å². The van der Waals surface area contributed by atoms with Crippen LogP contribution >= 0.6 is 12.2 Å². The summed E-state index contributed by atoms with van der Waals surface area (Å²) < 4.78 is 2.10. The third kappa shape index (κ3) is 3.99. The van der Waals surface area contributed by atoms with Crippen molar-refractivity contribution < 1.29 is 15.0 Å². The van der Waals surface area contributed by atoms with Crippen molar-refractivity contribution in [1.29, 1.82) is 0 Å². The Morgan fingerprint density at radius 3 is 2.44 bits per heavy atom. The third-order valence-corrected chi connectivity index (χ3v) is 7.03. The van der Waals surface area contributed by atoms with E-state index in [9.17, 15) is 15.0 Å². The van der Waals surface area contributed by atoms with Crippen LogP contribution in [0, 0.1) is 20.8 Å². The van der Waals surface area contributed by atoms with Gasteiger partial charge < -0.3 is 25.0 Å². The minimum atomic E-state index is -0.960. The molecular formula is C28H26N4O3S. The van der Waals surface area contributed by atoms with Crippen LogP contribution in [0.5, 0.6) is 5.75 Å². The van der Waals surface area contributed by atoms with Gasteiger partial charge in [0, 0.05) is 29.0 Å². The van der Waals surface area contributed by atoms with Gasteiger partial charge >= 0.3 is 5.97 Å². The van der Waals surface area contributed by atoms with Crippen molar-refractivity contribution in [2.24, 2.45) is 0 Å². The maximum atomic E-state index is 11.7. The number of aryl methyl sites for hydroxylation is 2. The molecule has 2 aromatic heterocycles. The molecule has 0 unspecified atom stereocenters. The first-order valence-corrected chi connectivity index (χ1v) is 12.0. The maximum absolute atomic E-state index is 11.7. The van der Waals surface area contributed by atoms with Crippen LogP contribution in [0.2, 0.25) is 0 Å². The van der Waals surface area contributed by atoms with Crippen molar-refractivity contribution in [2.75, 3.05) is 4.90 Å². The number of phenols is 1. The molecule has 0 amide bonds. The Morgan fingerprint density at radius 1 is 1.03 bits per heavy atom. The number of carboxylic acids is 1. The summed E-state index contributed by atoms with van der Waals surface area (Å²) >= 11 is 5.80. The fraction of sp³-hybridized carbons (Fsp3) is 0.179. The molecular weight excluding hydrogens is 472 g/mol. The zero-order chi connectivity index (χ0) is 25.6. The van der Waals surface area contributed by atoms with Crippen LogP contribution in [0.25, 0.3) is 5.69 Å². The van der Waals surface area contributed by atoms with Crippen LogP contribution in [0.3, 0.4) is 0 Å². The fourth-order valence-corrected chi connectivity index (χ4v) is 5.35. The first kappa shape index (κ1) is 23.6. The second-order valence-corrected chi connectivity index (χ2v) is 9.37. The minimum Gasteiger partial charge on any atom is -0.508 e. The molecule has 1 fully saturated rings. The number of nitrogens with one attached hydrogen (secondary N) is 1. The Morgan fingerprint density at radius 2 is 1.78 bits per heavy atom. The first-order chi connectivity index (χ1) is 17.3. The minimum absolute atomic E-state index is 0.182. The number of anilines is 1. The topological polar surface area (TPSA) is 90.6 Å². The molecule has 1 saturated heterocycles. The number of rotatable bonds is 5. The second-order valence-electron chi connectivity index (χ2n) is 8.98. The highest BCUT2D eigenvalue weighted by molar-refractivity contribution is 7.80. The van der Waals surface area contributed by atoms with E-state index < -0.39 is 5.97 Å². The molecule has 4 aromatic rings. The Hall–Kier alpha value is -4.17. The molecule has 3 N–H and O–H groups in total. The maximum Gasteiger partial charge on any atom is 0.335 e. The number of hydrogen-bond acceptors (Lipinski definition) is 4. The zero-order valence-corrected chi connectivity index (χ0v) is 21.0. The number of aromatic hydroxyl groups is 1. The van der Waals surface area contributed by atoms with E-state index in [4.69, 9.17) is 12.2 Å². The van der Waals surface area contributed by atoms with Crippen LogP contribution in [-0.2, 0) is 0 Å². The highest BCUT2D eigenvalue weighted by atomic mass is 32.1. The van der Waals surface area contributed by atoms with Gasteiger partial charge in [0.15, 0.2) is 5.11 Å². The summed E-state index contributed by atoms with van der Waals surface area (Å²) in [4.78, 5) is 18.3. The molecule has 1 aliphatic rings. The summed E-state index contributed by atoms with van der Waals surface area (Å²) in [5.41, 5.74) is 6.77. The molecule has 7 nitrogen and oxygen atoms in total. The Balaban J connectivity index is 1.69. The van der Waals surface area contributed by atoms with Gasteiger partial charge in [0.05, 0.1) is 23.3 Å². The Bertz CT molecular complexity index is 1460. The summed E-state index contributed by atoms with van der Waals surface area (Å²) in [5, 5.41) is 23.4. The second kappa shape index (κ2) is 9.13. The molecule has 182 valence electrons. The Kier molecular flexibility index (Phi) is 5.97. The van der Waals surface area contributed by atoms with Crippen molar-refractivity contribution in [3.63, 3.8) is 0 Å². The zero-order valence-electron chi connectivity index (χ0n) is 20.1. The van der Waals surface area contributed by atoms with Crippen molar-refractivity contribution in [1.82, 2.24) is 14.9 Å². The summed E-state index contributed by atoms with van der Waals surface area (Å²) in [7, 11) is 0. The molecule has 0 radical (unpaired) electrons. The lowest BCUT2D eigenvalue weighted by Gasteiger charge is -2.28. The van der Waals surface area contributed by atoms with Gasteiger partial charge in [-0.3, -0.25) is 4.98 Å². The smallest absolute Gasteiger partial charge is 0.335 e. The number of phenolic OH excluding ortho intramolecular Hbond substituents is 1. The molecule has 2 aromatic carbocycles. The molecule has 2 atom stereocenters. The molecule has 0 aliphatic carbocycles. The van der Waals surface area contributed by atoms with Gasteiger partial charge in [0.2, 0.25) is 0 Å². The van der Waals surface area contributed by atoms with Crippen LogP contribution in [0.4, 0.5) is 5.69 Å². The number of aromatic nitrogens is 2. The molecule has 3 heterocycles. The number of carboxylic acid groups (broad SMARTS) is 1. The van der Waals surface area contributed by atoms with Crippen molar-refractivity contribution in [3.8, 4) is 11.4 Å².